The van der Waals surface area contributed by atoms with Gasteiger partial charge in [-0.05, 0) is 69.2 Å². The molecule has 0 spiro atoms. The Morgan fingerprint density at radius 1 is 1.10 bits per heavy atom. The number of anilines is 1. The number of nitrogens with zero attached hydrogens (tertiary/aromatic N) is 1. The lowest BCUT2D eigenvalue weighted by molar-refractivity contribution is -0.159. The molecule has 3 fully saturated rings. The van der Waals surface area contributed by atoms with Crippen LogP contribution in [0.4, 0.5) is 5.69 Å². The predicted molar refractivity (Wildman–Crippen MR) is 106 cm³/mol. The first-order valence-corrected chi connectivity index (χ1v) is 10.5. The molecule has 2 bridgehead atoms. The summed E-state index contributed by atoms with van der Waals surface area (Å²) in [6.07, 6.45) is 2.89. The number of esters is 1. The lowest BCUT2D eigenvalue weighted by Crippen LogP contribution is -2.45. The van der Waals surface area contributed by atoms with E-state index < -0.39 is 24.5 Å². The minimum atomic E-state index is -1.03. The standard InChI is InChI=1S/C22H26N2O6/c1-3-29-16-8-6-15(7-9-16)23-17(25)11-30-22(28)12(2)24-20(26)18-13-4-5-14(10-13)19(18)21(24)27/h6-9,12-14,18-19H,3-5,10-11H2,1-2H3,(H,23,25)/t12-,13-,14-,18-,19-/m0/s1. The van der Waals surface area contributed by atoms with Crippen molar-refractivity contribution in [3.63, 3.8) is 0 Å². The van der Waals surface area contributed by atoms with Gasteiger partial charge >= 0.3 is 5.97 Å². The Labute approximate surface area is 174 Å². The molecule has 1 aromatic rings. The molecular formula is C22H26N2O6. The number of benzene rings is 1. The normalized spacial score (nSPS) is 27.7. The molecule has 1 saturated heterocycles. The number of carbonyl (C=O) groups excluding carboxylic acids is 4. The van der Waals surface area contributed by atoms with Gasteiger partial charge in [0.2, 0.25) is 11.8 Å². The van der Waals surface area contributed by atoms with Crippen LogP contribution in [0.15, 0.2) is 24.3 Å². The SMILES string of the molecule is CCOc1ccc(NC(=O)COC(=O)[C@H](C)N2C(=O)[C@H]3[C@H]4CC[C@@H](C4)[C@@H]3C2=O)cc1. The van der Waals surface area contributed by atoms with Gasteiger partial charge in [0.25, 0.3) is 5.91 Å². The van der Waals surface area contributed by atoms with E-state index in [4.69, 9.17) is 9.47 Å². The fourth-order valence-electron chi connectivity index (χ4n) is 5.17. The van der Waals surface area contributed by atoms with Crippen molar-refractivity contribution < 1.29 is 28.7 Å². The van der Waals surface area contributed by atoms with Gasteiger partial charge in [-0.3, -0.25) is 19.3 Å². The lowest BCUT2D eigenvalue weighted by atomic mass is 9.81. The summed E-state index contributed by atoms with van der Waals surface area (Å²) in [6, 6.07) is 5.78. The van der Waals surface area contributed by atoms with Crippen molar-refractivity contribution in [2.24, 2.45) is 23.7 Å². The highest BCUT2D eigenvalue weighted by atomic mass is 16.5. The summed E-state index contributed by atoms with van der Waals surface area (Å²) in [4.78, 5) is 51.2. The smallest absolute Gasteiger partial charge is 0.329 e. The number of hydrogen-bond donors (Lipinski definition) is 1. The van der Waals surface area contributed by atoms with Crippen LogP contribution in [0.25, 0.3) is 0 Å². The third kappa shape index (κ3) is 3.55. The maximum atomic E-state index is 12.8. The Bertz CT molecular complexity index is 839. The molecule has 160 valence electrons. The summed E-state index contributed by atoms with van der Waals surface area (Å²) in [5, 5.41) is 2.63. The molecule has 1 aromatic carbocycles. The Hall–Kier alpha value is -2.90. The van der Waals surface area contributed by atoms with Crippen molar-refractivity contribution in [2.75, 3.05) is 18.5 Å². The summed E-state index contributed by atoms with van der Waals surface area (Å²) in [5.74, 6) is -1.16. The average Bonchev–Trinajstić information content (AvgIpc) is 3.41. The van der Waals surface area contributed by atoms with E-state index in [2.05, 4.69) is 5.32 Å². The number of fused-ring (bicyclic) bond motifs is 5. The van der Waals surface area contributed by atoms with Crippen LogP contribution >= 0.6 is 0 Å². The average molecular weight is 414 g/mol. The summed E-state index contributed by atoms with van der Waals surface area (Å²) >= 11 is 0. The number of imide groups is 1. The Morgan fingerprint density at radius 2 is 1.70 bits per heavy atom. The largest absolute Gasteiger partial charge is 0.494 e. The molecule has 0 radical (unpaired) electrons. The second-order valence-corrected chi connectivity index (χ2v) is 8.22. The lowest BCUT2D eigenvalue weighted by Gasteiger charge is -2.23. The first kappa shape index (κ1) is 20.4. The van der Waals surface area contributed by atoms with E-state index in [1.165, 1.54) is 6.92 Å². The summed E-state index contributed by atoms with van der Waals surface area (Å²) in [7, 11) is 0. The molecule has 2 aliphatic carbocycles. The molecule has 8 heteroatoms. The van der Waals surface area contributed by atoms with Crippen LogP contribution in [-0.2, 0) is 23.9 Å². The van der Waals surface area contributed by atoms with Gasteiger partial charge in [-0.25, -0.2) is 4.79 Å². The highest BCUT2D eigenvalue weighted by Crippen LogP contribution is 2.56. The molecule has 1 aliphatic heterocycles. The third-order valence-electron chi connectivity index (χ3n) is 6.48. The van der Waals surface area contributed by atoms with Crippen LogP contribution in [0.1, 0.15) is 33.1 Å². The van der Waals surface area contributed by atoms with Crippen LogP contribution in [0.5, 0.6) is 5.75 Å². The number of ether oxygens (including phenoxy) is 2. The zero-order valence-electron chi connectivity index (χ0n) is 17.1. The maximum absolute atomic E-state index is 12.8. The molecular weight excluding hydrogens is 388 g/mol. The molecule has 0 unspecified atom stereocenters. The highest BCUT2D eigenvalue weighted by molar-refractivity contribution is 6.08. The minimum Gasteiger partial charge on any atom is -0.494 e. The first-order valence-electron chi connectivity index (χ1n) is 10.5. The number of amides is 3. The molecule has 0 aromatic heterocycles. The van der Waals surface area contributed by atoms with Gasteiger partial charge in [0, 0.05) is 5.69 Å². The van der Waals surface area contributed by atoms with E-state index in [1.807, 2.05) is 6.92 Å². The van der Waals surface area contributed by atoms with Crippen molar-refractivity contribution >= 4 is 29.4 Å². The second kappa shape index (κ2) is 8.08. The first-order chi connectivity index (χ1) is 14.4. The van der Waals surface area contributed by atoms with Gasteiger partial charge < -0.3 is 14.8 Å². The van der Waals surface area contributed by atoms with E-state index in [0.29, 0.717) is 18.0 Å². The van der Waals surface area contributed by atoms with Crippen LogP contribution in [0, 0.1) is 23.7 Å². The molecule has 1 N–H and O–H groups in total. The zero-order chi connectivity index (χ0) is 21.4. The van der Waals surface area contributed by atoms with E-state index in [9.17, 15) is 19.2 Å². The van der Waals surface area contributed by atoms with Gasteiger partial charge in [0.15, 0.2) is 6.61 Å². The van der Waals surface area contributed by atoms with Crippen LogP contribution in [-0.4, -0.2) is 47.8 Å². The minimum absolute atomic E-state index is 0.254. The van der Waals surface area contributed by atoms with Gasteiger partial charge in [-0.15, -0.1) is 0 Å². The van der Waals surface area contributed by atoms with Crippen LogP contribution in [0.2, 0.25) is 0 Å². The third-order valence-corrected chi connectivity index (χ3v) is 6.48. The molecule has 3 aliphatic rings. The molecule has 4 rings (SSSR count). The molecule has 3 amide bonds. The Kier molecular flexibility index (Phi) is 5.49. The van der Waals surface area contributed by atoms with E-state index in [1.54, 1.807) is 24.3 Å². The van der Waals surface area contributed by atoms with Gasteiger partial charge in [0.05, 0.1) is 18.4 Å². The quantitative estimate of drug-likeness (QED) is 0.541. The van der Waals surface area contributed by atoms with Crippen molar-refractivity contribution in [2.45, 2.75) is 39.2 Å². The predicted octanol–water partition coefficient (Wildman–Crippen LogP) is 1.99. The van der Waals surface area contributed by atoms with Crippen molar-refractivity contribution in [1.82, 2.24) is 4.90 Å². The molecule has 5 atom stereocenters. The fourth-order valence-corrected chi connectivity index (χ4v) is 5.17. The number of carbonyl (C=O) groups is 4. The Balaban J connectivity index is 1.30. The van der Waals surface area contributed by atoms with Crippen molar-refractivity contribution in [3.8, 4) is 5.75 Å². The summed E-state index contributed by atoms with van der Waals surface area (Å²) in [6.45, 7) is 3.41. The van der Waals surface area contributed by atoms with Crippen molar-refractivity contribution in [3.05, 3.63) is 24.3 Å². The summed E-state index contributed by atoms with van der Waals surface area (Å²) < 4.78 is 10.4. The van der Waals surface area contributed by atoms with Gasteiger partial charge in [-0.1, -0.05) is 0 Å². The van der Waals surface area contributed by atoms with Gasteiger partial charge in [0.1, 0.15) is 11.8 Å². The maximum Gasteiger partial charge on any atom is 0.329 e. The number of nitrogens with one attached hydrogen (secondary N) is 1. The number of hydrogen-bond acceptors (Lipinski definition) is 6. The summed E-state index contributed by atoms with van der Waals surface area (Å²) in [5.41, 5.74) is 0.542. The topological polar surface area (TPSA) is 102 Å². The van der Waals surface area contributed by atoms with Gasteiger partial charge in [-0.2, -0.15) is 0 Å². The van der Waals surface area contributed by atoms with Crippen molar-refractivity contribution in [1.29, 1.82) is 0 Å². The molecule has 30 heavy (non-hydrogen) atoms. The van der Waals surface area contributed by atoms with E-state index in [0.717, 1.165) is 24.2 Å². The monoisotopic (exact) mass is 414 g/mol. The van der Waals surface area contributed by atoms with E-state index in [-0.39, 0.29) is 35.5 Å². The molecule has 8 nitrogen and oxygen atoms in total. The second-order valence-electron chi connectivity index (χ2n) is 8.22. The number of likely N-dealkylation sites (tertiary alicyclic amines) is 1. The molecule has 1 heterocycles. The highest BCUT2D eigenvalue weighted by Gasteiger charge is 2.62. The van der Waals surface area contributed by atoms with Crippen LogP contribution in [0.3, 0.4) is 0 Å². The molecule has 2 saturated carbocycles. The number of rotatable bonds is 7. The van der Waals surface area contributed by atoms with E-state index >= 15 is 0 Å². The fraction of sp³-hybridized carbons (Fsp3) is 0.545. The van der Waals surface area contributed by atoms with Crippen LogP contribution < -0.4 is 10.1 Å². The zero-order valence-corrected chi connectivity index (χ0v) is 17.1. The Morgan fingerprint density at radius 3 is 2.27 bits per heavy atom.